The van der Waals surface area contributed by atoms with Crippen molar-refractivity contribution in [3.05, 3.63) is 24.3 Å². The van der Waals surface area contributed by atoms with Gasteiger partial charge in [0.05, 0.1) is 10.9 Å². The van der Waals surface area contributed by atoms with Crippen LogP contribution >= 0.6 is 0 Å². The first-order chi connectivity index (χ1) is 8.13. The highest BCUT2D eigenvalue weighted by Gasteiger charge is 2.20. The van der Waals surface area contributed by atoms with Crippen molar-refractivity contribution in [3.63, 3.8) is 0 Å². The molecule has 0 aliphatic heterocycles. The minimum Gasteiger partial charge on any atom is -0.479 e. The summed E-state index contributed by atoms with van der Waals surface area (Å²) >= 11 is 0. The van der Waals surface area contributed by atoms with Crippen LogP contribution in [-0.4, -0.2) is 27.0 Å². The van der Waals surface area contributed by atoms with Gasteiger partial charge in [0, 0.05) is 7.05 Å². The number of para-hydroxylation sites is 1. The Morgan fingerprint density at radius 2 is 2.24 bits per heavy atom. The van der Waals surface area contributed by atoms with E-state index in [1.165, 1.54) is 0 Å². The highest BCUT2D eigenvalue weighted by Crippen LogP contribution is 2.25. The second-order valence-electron chi connectivity index (χ2n) is 3.80. The molecule has 1 heterocycles. The van der Waals surface area contributed by atoms with Gasteiger partial charge in [0.15, 0.2) is 6.10 Å². The van der Waals surface area contributed by atoms with E-state index in [1.54, 1.807) is 18.7 Å². The Kier molecular flexibility index (Phi) is 2.99. The van der Waals surface area contributed by atoms with E-state index < -0.39 is 12.1 Å². The summed E-state index contributed by atoms with van der Waals surface area (Å²) in [6.07, 6.45) is -0.450. The van der Waals surface area contributed by atoms with Crippen LogP contribution in [0.25, 0.3) is 10.9 Å². The van der Waals surface area contributed by atoms with Gasteiger partial charge in [-0.25, -0.2) is 4.79 Å². The molecule has 0 radical (unpaired) electrons. The van der Waals surface area contributed by atoms with Gasteiger partial charge >= 0.3 is 5.97 Å². The normalized spacial score (nSPS) is 12.6. The molecular weight excluding hydrogens is 220 g/mol. The number of ether oxygens (including phenoxy) is 1. The average Bonchev–Trinajstić information content (AvgIpc) is 2.63. The van der Waals surface area contributed by atoms with Gasteiger partial charge < -0.3 is 9.84 Å². The number of benzene rings is 1. The van der Waals surface area contributed by atoms with Crippen LogP contribution in [0.5, 0.6) is 5.88 Å². The van der Waals surface area contributed by atoms with Gasteiger partial charge in [-0.2, -0.15) is 0 Å². The fraction of sp³-hybridized carbons (Fsp3) is 0.333. The Balaban J connectivity index is 2.39. The van der Waals surface area contributed by atoms with Gasteiger partial charge in [-0.05, 0) is 18.6 Å². The molecule has 0 fully saturated rings. The first-order valence-electron chi connectivity index (χ1n) is 5.44. The number of carboxylic acids is 1. The molecule has 0 aliphatic rings. The van der Waals surface area contributed by atoms with Crippen LogP contribution in [0.1, 0.15) is 13.3 Å². The molecule has 0 saturated heterocycles. The van der Waals surface area contributed by atoms with Gasteiger partial charge in [0.2, 0.25) is 5.88 Å². The lowest BCUT2D eigenvalue weighted by atomic mass is 10.2. The minimum atomic E-state index is -0.970. The molecule has 17 heavy (non-hydrogen) atoms. The topological polar surface area (TPSA) is 64.4 Å². The zero-order chi connectivity index (χ0) is 12.4. The van der Waals surface area contributed by atoms with Crippen molar-refractivity contribution in [2.45, 2.75) is 19.4 Å². The lowest BCUT2D eigenvalue weighted by molar-refractivity contribution is -0.145. The molecule has 1 aromatic heterocycles. The number of aromatic nitrogens is 2. The summed E-state index contributed by atoms with van der Waals surface area (Å²) in [5, 5.41) is 14.0. The Bertz CT molecular complexity index is 548. The molecule has 2 rings (SSSR count). The Labute approximate surface area is 98.6 Å². The number of hydrogen-bond acceptors (Lipinski definition) is 3. The predicted octanol–water partition coefficient (Wildman–Crippen LogP) is 1.82. The van der Waals surface area contributed by atoms with E-state index in [0.29, 0.717) is 12.3 Å². The Hall–Kier alpha value is -2.04. The minimum absolute atomic E-state index is 0.373. The monoisotopic (exact) mass is 234 g/mol. The molecule has 0 spiro atoms. The fourth-order valence-corrected chi connectivity index (χ4v) is 1.71. The summed E-state index contributed by atoms with van der Waals surface area (Å²) in [7, 11) is 1.80. The molecular formula is C12H14N2O3. The van der Waals surface area contributed by atoms with Crippen molar-refractivity contribution in [1.82, 2.24) is 9.78 Å². The summed E-state index contributed by atoms with van der Waals surface area (Å²) in [5.74, 6) is -0.598. The van der Waals surface area contributed by atoms with Crippen molar-refractivity contribution in [1.29, 1.82) is 0 Å². The first kappa shape index (κ1) is 11.4. The SMILES string of the molecule is CC[C@@H](Oc1nn(C)c2ccccc12)C(=O)O. The lowest BCUT2D eigenvalue weighted by Crippen LogP contribution is -2.26. The van der Waals surface area contributed by atoms with Crippen LogP contribution in [0.3, 0.4) is 0 Å². The molecule has 0 aliphatic carbocycles. The van der Waals surface area contributed by atoms with Crippen LogP contribution < -0.4 is 4.74 Å². The molecule has 1 N–H and O–H groups in total. The number of carbonyl (C=O) groups is 1. The fourth-order valence-electron chi connectivity index (χ4n) is 1.71. The van der Waals surface area contributed by atoms with Crippen LogP contribution in [0, 0.1) is 0 Å². The summed E-state index contributed by atoms with van der Waals surface area (Å²) in [4.78, 5) is 10.9. The van der Waals surface area contributed by atoms with E-state index >= 15 is 0 Å². The van der Waals surface area contributed by atoms with Gasteiger partial charge in [0.25, 0.3) is 0 Å². The van der Waals surface area contributed by atoms with Crippen molar-refractivity contribution < 1.29 is 14.6 Å². The number of aryl methyl sites for hydroxylation is 1. The number of fused-ring (bicyclic) bond motifs is 1. The van der Waals surface area contributed by atoms with Crippen molar-refractivity contribution in [2.75, 3.05) is 0 Å². The number of aliphatic carboxylic acids is 1. The third-order valence-corrected chi connectivity index (χ3v) is 2.62. The molecule has 90 valence electrons. The summed E-state index contributed by atoms with van der Waals surface area (Å²) < 4.78 is 7.11. The molecule has 0 unspecified atom stereocenters. The molecule has 5 heteroatoms. The maximum Gasteiger partial charge on any atom is 0.344 e. The standard InChI is InChI=1S/C12H14N2O3/c1-3-10(12(15)16)17-11-8-6-4-5-7-9(8)14(2)13-11/h4-7,10H,3H2,1-2H3,(H,15,16)/t10-/m1/s1. The largest absolute Gasteiger partial charge is 0.479 e. The van der Waals surface area contributed by atoms with Crippen molar-refractivity contribution >= 4 is 16.9 Å². The lowest BCUT2D eigenvalue weighted by Gasteiger charge is -2.10. The Morgan fingerprint density at radius 3 is 2.88 bits per heavy atom. The van der Waals surface area contributed by atoms with Crippen molar-refractivity contribution in [3.8, 4) is 5.88 Å². The predicted molar refractivity (Wildman–Crippen MR) is 63.1 cm³/mol. The van der Waals surface area contributed by atoms with Crippen LogP contribution in [-0.2, 0) is 11.8 Å². The average molecular weight is 234 g/mol. The van der Waals surface area contributed by atoms with Crippen molar-refractivity contribution in [2.24, 2.45) is 7.05 Å². The molecule has 0 saturated carbocycles. The molecule has 1 atom stereocenters. The third-order valence-electron chi connectivity index (χ3n) is 2.62. The van der Waals surface area contributed by atoms with E-state index in [9.17, 15) is 4.79 Å². The highest BCUT2D eigenvalue weighted by molar-refractivity contribution is 5.85. The number of hydrogen-bond donors (Lipinski definition) is 1. The van der Waals surface area contributed by atoms with E-state index in [-0.39, 0.29) is 0 Å². The molecule has 1 aromatic carbocycles. The zero-order valence-electron chi connectivity index (χ0n) is 9.75. The van der Waals surface area contributed by atoms with E-state index in [4.69, 9.17) is 9.84 Å². The van der Waals surface area contributed by atoms with Gasteiger partial charge in [-0.1, -0.05) is 19.1 Å². The summed E-state index contributed by atoms with van der Waals surface area (Å²) in [5.41, 5.74) is 0.919. The van der Waals surface area contributed by atoms with Gasteiger partial charge in [-0.3, -0.25) is 4.68 Å². The van der Waals surface area contributed by atoms with E-state index in [2.05, 4.69) is 5.10 Å². The maximum atomic E-state index is 10.9. The Morgan fingerprint density at radius 1 is 1.53 bits per heavy atom. The molecule has 0 amide bonds. The first-order valence-corrected chi connectivity index (χ1v) is 5.44. The second kappa shape index (κ2) is 4.45. The second-order valence-corrected chi connectivity index (χ2v) is 3.80. The quantitative estimate of drug-likeness (QED) is 0.876. The van der Waals surface area contributed by atoms with E-state index in [0.717, 1.165) is 10.9 Å². The van der Waals surface area contributed by atoms with E-state index in [1.807, 2.05) is 24.3 Å². The third kappa shape index (κ3) is 2.08. The van der Waals surface area contributed by atoms with Crippen LogP contribution in [0.2, 0.25) is 0 Å². The highest BCUT2D eigenvalue weighted by atomic mass is 16.5. The number of carboxylic acid groups (broad SMARTS) is 1. The maximum absolute atomic E-state index is 10.9. The number of rotatable bonds is 4. The molecule has 2 aromatic rings. The van der Waals surface area contributed by atoms with Gasteiger partial charge in [-0.15, -0.1) is 5.10 Å². The van der Waals surface area contributed by atoms with Crippen LogP contribution in [0.15, 0.2) is 24.3 Å². The molecule has 5 nitrogen and oxygen atoms in total. The van der Waals surface area contributed by atoms with Gasteiger partial charge in [0.1, 0.15) is 0 Å². The smallest absolute Gasteiger partial charge is 0.344 e. The molecule has 0 bridgehead atoms. The van der Waals surface area contributed by atoms with Crippen LogP contribution in [0.4, 0.5) is 0 Å². The summed E-state index contributed by atoms with van der Waals surface area (Å²) in [6, 6.07) is 7.56. The summed E-state index contributed by atoms with van der Waals surface area (Å²) in [6.45, 7) is 1.77. The zero-order valence-corrected chi connectivity index (χ0v) is 9.75. The number of nitrogens with zero attached hydrogens (tertiary/aromatic N) is 2.